The maximum absolute atomic E-state index is 11.8. The molecule has 2 aromatic heterocycles. The normalized spacial score (nSPS) is 10.7. The maximum Gasteiger partial charge on any atom is 0.306 e. The van der Waals surface area contributed by atoms with Crippen molar-refractivity contribution in [3.8, 4) is 0 Å². The van der Waals surface area contributed by atoms with Crippen molar-refractivity contribution in [2.45, 2.75) is 33.4 Å². The third-order valence-corrected chi connectivity index (χ3v) is 3.88. The van der Waals surface area contributed by atoms with Crippen LogP contribution in [0.4, 0.5) is 5.69 Å². The van der Waals surface area contributed by atoms with Crippen LogP contribution in [-0.2, 0) is 17.9 Å². The van der Waals surface area contributed by atoms with Crippen LogP contribution >= 0.6 is 11.6 Å². The lowest BCUT2D eigenvalue weighted by molar-refractivity contribution is -0.385. The molecule has 0 fully saturated rings. The number of amides is 1. The summed E-state index contributed by atoms with van der Waals surface area (Å²) in [7, 11) is 0. The van der Waals surface area contributed by atoms with Gasteiger partial charge in [0.1, 0.15) is 12.4 Å². The van der Waals surface area contributed by atoms with Crippen LogP contribution in [0.15, 0.2) is 12.4 Å². The molecule has 23 heavy (non-hydrogen) atoms. The summed E-state index contributed by atoms with van der Waals surface area (Å²) < 4.78 is 3.12. The Morgan fingerprint density at radius 3 is 2.74 bits per heavy atom. The summed E-state index contributed by atoms with van der Waals surface area (Å²) in [6, 6.07) is 0. The second-order valence-electron chi connectivity index (χ2n) is 5.03. The topological polar surface area (TPSA) is 108 Å². The highest BCUT2D eigenvalue weighted by Crippen LogP contribution is 2.18. The van der Waals surface area contributed by atoms with Gasteiger partial charge in [-0.3, -0.25) is 24.3 Å². The largest absolute Gasteiger partial charge is 0.354 e. The van der Waals surface area contributed by atoms with E-state index < -0.39 is 4.92 Å². The SMILES string of the molecule is Cc1nn(CCC(=O)NCCn2cc([N+](=O)[O-])cn2)c(C)c1Cl. The van der Waals surface area contributed by atoms with Gasteiger partial charge in [-0.15, -0.1) is 0 Å². The number of aryl methyl sites for hydroxylation is 2. The average molecular weight is 341 g/mol. The zero-order valence-electron chi connectivity index (χ0n) is 12.8. The van der Waals surface area contributed by atoms with Gasteiger partial charge in [-0.1, -0.05) is 11.6 Å². The van der Waals surface area contributed by atoms with Crippen molar-refractivity contribution < 1.29 is 9.72 Å². The standard InChI is InChI=1S/C13H17ClN6O3/c1-9-13(14)10(2)19(17-9)5-3-12(21)15-4-6-18-8-11(7-16-18)20(22)23/h7-8H,3-6H2,1-2H3,(H,15,21). The molecular formula is C13H17ClN6O3. The van der Waals surface area contributed by atoms with Gasteiger partial charge in [-0.05, 0) is 13.8 Å². The van der Waals surface area contributed by atoms with Crippen molar-refractivity contribution in [2.75, 3.05) is 6.54 Å². The predicted octanol–water partition coefficient (Wildman–Crippen LogP) is 1.46. The lowest BCUT2D eigenvalue weighted by atomic mass is 10.3. The molecule has 2 aromatic rings. The number of rotatable bonds is 7. The number of aromatic nitrogens is 4. The molecule has 0 aliphatic carbocycles. The fourth-order valence-corrected chi connectivity index (χ4v) is 2.20. The van der Waals surface area contributed by atoms with Gasteiger partial charge in [-0.2, -0.15) is 10.2 Å². The minimum Gasteiger partial charge on any atom is -0.354 e. The van der Waals surface area contributed by atoms with Crippen LogP contribution in [0.5, 0.6) is 0 Å². The van der Waals surface area contributed by atoms with Gasteiger partial charge in [0.15, 0.2) is 0 Å². The predicted molar refractivity (Wildman–Crippen MR) is 83.2 cm³/mol. The molecule has 10 heteroatoms. The van der Waals surface area contributed by atoms with E-state index in [1.807, 2.05) is 13.8 Å². The molecule has 9 nitrogen and oxygen atoms in total. The molecule has 124 valence electrons. The molecule has 0 aliphatic heterocycles. The van der Waals surface area contributed by atoms with E-state index in [1.54, 1.807) is 4.68 Å². The Hall–Kier alpha value is -2.42. The van der Waals surface area contributed by atoms with Crippen molar-refractivity contribution in [1.29, 1.82) is 0 Å². The van der Waals surface area contributed by atoms with Crippen molar-refractivity contribution in [3.63, 3.8) is 0 Å². The number of nitrogens with one attached hydrogen (secondary N) is 1. The number of halogens is 1. The van der Waals surface area contributed by atoms with E-state index in [-0.39, 0.29) is 18.0 Å². The van der Waals surface area contributed by atoms with E-state index in [0.29, 0.717) is 24.7 Å². The van der Waals surface area contributed by atoms with Crippen LogP contribution in [0.25, 0.3) is 0 Å². The first-order valence-electron chi connectivity index (χ1n) is 7.01. The first kappa shape index (κ1) is 16.9. The molecule has 0 atom stereocenters. The molecular weight excluding hydrogens is 324 g/mol. The van der Waals surface area contributed by atoms with Gasteiger partial charge >= 0.3 is 5.69 Å². The summed E-state index contributed by atoms with van der Waals surface area (Å²) in [6.07, 6.45) is 2.77. The molecule has 2 rings (SSSR count). The van der Waals surface area contributed by atoms with Crippen molar-refractivity contribution in [3.05, 3.63) is 38.9 Å². The minimum absolute atomic E-state index is 0.0715. The highest BCUT2D eigenvalue weighted by molar-refractivity contribution is 6.31. The first-order valence-corrected chi connectivity index (χ1v) is 7.39. The van der Waals surface area contributed by atoms with Crippen molar-refractivity contribution >= 4 is 23.2 Å². The fraction of sp³-hybridized carbons (Fsp3) is 0.462. The second kappa shape index (κ2) is 7.23. The highest BCUT2D eigenvalue weighted by atomic mass is 35.5. The smallest absolute Gasteiger partial charge is 0.306 e. The van der Waals surface area contributed by atoms with E-state index in [4.69, 9.17) is 11.6 Å². The zero-order chi connectivity index (χ0) is 17.0. The summed E-state index contributed by atoms with van der Waals surface area (Å²) >= 11 is 6.05. The summed E-state index contributed by atoms with van der Waals surface area (Å²) in [5.41, 5.74) is 1.50. The lowest BCUT2D eigenvalue weighted by Gasteiger charge is -2.06. The number of carbonyl (C=O) groups excluding carboxylic acids is 1. The van der Waals surface area contributed by atoms with Gasteiger partial charge < -0.3 is 5.32 Å². The van der Waals surface area contributed by atoms with Crippen LogP contribution in [0.2, 0.25) is 5.02 Å². The maximum atomic E-state index is 11.8. The Balaban J connectivity index is 1.74. The van der Waals surface area contributed by atoms with E-state index in [1.165, 1.54) is 17.1 Å². The molecule has 1 N–H and O–H groups in total. The first-order chi connectivity index (χ1) is 10.9. The molecule has 0 bridgehead atoms. The Bertz CT molecular complexity index is 723. The second-order valence-corrected chi connectivity index (χ2v) is 5.40. The minimum atomic E-state index is -0.512. The van der Waals surface area contributed by atoms with Crippen molar-refractivity contribution in [2.24, 2.45) is 0 Å². The number of hydrogen-bond acceptors (Lipinski definition) is 5. The Morgan fingerprint density at radius 1 is 1.43 bits per heavy atom. The number of carbonyl (C=O) groups is 1. The van der Waals surface area contributed by atoms with Gasteiger partial charge in [0.2, 0.25) is 5.91 Å². The lowest BCUT2D eigenvalue weighted by Crippen LogP contribution is -2.28. The van der Waals surface area contributed by atoms with Gasteiger partial charge in [0.25, 0.3) is 0 Å². The summed E-state index contributed by atoms with van der Waals surface area (Å²) in [5, 5.41) is 22.0. The number of nitro groups is 1. The van der Waals surface area contributed by atoms with Crippen LogP contribution in [0, 0.1) is 24.0 Å². The van der Waals surface area contributed by atoms with Gasteiger partial charge in [0, 0.05) is 13.0 Å². The zero-order valence-corrected chi connectivity index (χ0v) is 13.6. The van der Waals surface area contributed by atoms with Gasteiger partial charge in [-0.25, -0.2) is 0 Å². The van der Waals surface area contributed by atoms with Crippen molar-refractivity contribution in [1.82, 2.24) is 24.9 Å². The molecule has 0 radical (unpaired) electrons. The Morgan fingerprint density at radius 2 is 2.17 bits per heavy atom. The molecule has 1 amide bonds. The average Bonchev–Trinajstić information content (AvgIpc) is 3.06. The van der Waals surface area contributed by atoms with E-state index in [9.17, 15) is 14.9 Å². The number of nitrogens with zero attached hydrogens (tertiary/aromatic N) is 5. The van der Waals surface area contributed by atoms with E-state index >= 15 is 0 Å². The third kappa shape index (κ3) is 4.28. The molecule has 0 aliphatic rings. The third-order valence-electron chi connectivity index (χ3n) is 3.34. The highest BCUT2D eigenvalue weighted by Gasteiger charge is 2.11. The van der Waals surface area contributed by atoms with Gasteiger partial charge in [0.05, 0.1) is 34.4 Å². The molecule has 0 saturated carbocycles. The summed E-state index contributed by atoms with van der Waals surface area (Å²) in [4.78, 5) is 21.8. The van der Waals surface area contributed by atoms with Crippen LogP contribution < -0.4 is 5.32 Å². The van der Waals surface area contributed by atoms with Crippen LogP contribution in [0.1, 0.15) is 17.8 Å². The molecule has 0 spiro atoms. The summed E-state index contributed by atoms with van der Waals surface area (Å²) in [6.45, 7) is 4.82. The molecule has 2 heterocycles. The quantitative estimate of drug-likeness (QED) is 0.606. The molecule has 0 aromatic carbocycles. The number of hydrogen-bond donors (Lipinski definition) is 1. The molecule has 0 saturated heterocycles. The Kier molecular flexibility index (Phi) is 5.32. The molecule has 0 unspecified atom stereocenters. The Labute approximate surface area is 137 Å². The fourth-order valence-electron chi connectivity index (χ4n) is 2.07. The van der Waals surface area contributed by atoms with Crippen LogP contribution in [0.3, 0.4) is 0 Å². The van der Waals surface area contributed by atoms with E-state index in [2.05, 4.69) is 15.5 Å². The summed E-state index contributed by atoms with van der Waals surface area (Å²) in [5.74, 6) is -0.129. The monoisotopic (exact) mass is 340 g/mol. The van der Waals surface area contributed by atoms with E-state index in [0.717, 1.165) is 11.4 Å². The van der Waals surface area contributed by atoms with Crippen LogP contribution in [-0.4, -0.2) is 36.9 Å².